The van der Waals surface area contributed by atoms with Gasteiger partial charge in [-0.05, 0) is 48.6 Å². The van der Waals surface area contributed by atoms with Gasteiger partial charge in [0.1, 0.15) is 6.04 Å². The first kappa shape index (κ1) is 22.4. The molecule has 2 aromatic rings. The third kappa shape index (κ3) is 6.09. The van der Waals surface area contributed by atoms with Crippen LogP contribution in [-0.2, 0) is 11.3 Å². The molecule has 1 atom stereocenters. The Kier molecular flexibility index (Phi) is 8.34. The smallest absolute Gasteiger partial charge is 0.251 e. The van der Waals surface area contributed by atoms with Crippen molar-refractivity contribution in [3.8, 4) is 0 Å². The van der Waals surface area contributed by atoms with Crippen molar-refractivity contribution in [2.24, 2.45) is 0 Å². The highest BCUT2D eigenvalue weighted by Crippen LogP contribution is 2.14. The molecule has 1 N–H and O–H groups in total. The number of amides is 2. The minimum Gasteiger partial charge on any atom is -0.340 e. The third-order valence-corrected chi connectivity index (χ3v) is 6.23. The zero-order valence-corrected chi connectivity index (χ0v) is 18.7. The van der Waals surface area contributed by atoms with Crippen molar-refractivity contribution < 1.29 is 9.59 Å². The summed E-state index contributed by atoms with van der Waals surface area (Å²) in [5.74, 6) is 0.677. The molecule has 3 rings (SSSR count). The van der Waals surface area contributed by atoms with E-state index in [2.05, 4.69) is 41.4 Å². The Morgan fingerprint density at radius 2 is 1.67 bits per heavy atom. The summed E-state index contributed by atoms with van der Waals surface area (Å²) >= 11 is 1.69. The van der Waals surface area contributed by atoms with E-state index < -0.39 is 6.04 Å². The van der Waals surface area contributed by atoms with Gasteiger partial charge in [-0.1, -0.05) is 42.5 Å². The third-order valence-electron chi connectivity index (χ3n) is 5.59. The van der Waals surface area contributed by atoms with Crippen molar-refractivity contribution in [2.45, 2.75) is 25.9 Å². The van der Waals surface area contributed by atoms with Crippen LogP contribution < -0.4 is 5.32 Å². The largest absolute Gasteiger partial charge is 0.340 e. The lowest BCUT2D eigenvalue weighted by molar-refractivity contribution is -0.135. The summed E-state index contributed by atoms with van der Waals surface area (Å²) in [6.45, 7) is 6.14. The highest BCUT2D eigenvalue weighted by molar-refractivity contribution is 7.98. The number of carbonyl (C=O) groups excluding carboxylic acids is 2. The molecule has 0 bridgehead atoms. The molecule has 160 valence electrons. The molecule has 0 spiro atoms. The number of benzene rings is 2. The molecule has 0 radical (unpaired) electrons. The van der Waals surface area contributed by atoms with Gasteiger partial charge in [-0.2, -0.15) is 11.8 Å². The van der Waals surface area contributed by atoms with E-state index in [1.54, 1.807) is 23.9 Å². The molecule has 0 aromatic heterocycles. The predicted octanol–water partition coefficient (Wildman–Crippen LogP) is 3.19. The summed E-state index contributed by atoms with van der Waals surface area (Å²) in [5, 5.41) is 2.97. The van der Waals surface area contributed by atoms with E-state index in [0.717, 1.165) is 25.4 Å². The molecule has 0 unspecified atom stereocenters. The Labute approximate surface area is 183 Å². The van der Waals surface area contributed by atoms with Gasteiger partial charge in [-0.15, -0.1) is 0 Å². The fourth-order valence-electron chi connectivity index (χ4n) is 3.70. The number of piperazine rings is 1. The Hall–Kier alpha value is -2.31. The van der Waals surface area contributed by atoms with Gasteiger partial charge in [-0.3, -0.25) is 14.5 Å². The standard InChI is InChI=1S/C24H31N3O2S/c1-19-8-6-7-11-21(19)18-26-13-15-27(16-14-26)24(29)22(12-17-30-2)25-23(28)20-9-4-3-5-10-20/h3-11,22H,12-18H2,1-2H3,(H,25,28)/t22-/m0/s1. The minimum absolute atomic E-state index is 0.0314. The Bertz CT molecular complexity index is 835. The number of thioether (sulfide) groups is 1. The van der Waals surface area contributed by atoms with Crippen LogP contribution in [0, 0.1) is 6.92 Å². The van der Waals surface area contributed by atoms with Crippen LogP contribution in [0.2, 0.25) is 0 Å². The van der Waals surface area contributed by atoms with Crippen LogP contribution in [0.4, 0.5) is 0 Å². The highest BCUT2D eigenvalue weighted by Gasteiger charge is 2.28. The Balaban J connectivity index is 1.57. The van der Waals surface area contributed by atoms with Crippen molar-refractivity contribution in [1.82, 2.24) is 15.1 Å². The van der Waals surface area contributed by atoms with Crippen LogP contribution in [0.25, 0.3) is 0 Å². The number of rotatable bonds is 8. The number of nitrogens with one attached hydrogen (secondary N) is 1. The van der Waals surface area contributed by atoms with Crippen molar-refractivity contribution in [2.75, 3.05) is 38.2 Å². The monoisotopic (exact) mass is 425 g/mol. The van der Waals surface area contributed by atoms with Crippen LogP contribution in [0.5, 0.6) is 0 Å². The Morgan fingerprint density at radius 1 is 1.00 bits per heavy atom. The van der Waals surface area contributed by atoms with E-state index in [-0.39, 0.29) is 11.8 Å². The van der Waals surface area contributed by atoms with E-state index >= 15 is 0 Å². The lowest BCUT2D eigenvalue weighted by Crippen LogP contribution is -2.55. The van der Waals surface area contributed by atoms with Crippen LogP contribution in [-0.4, -0.2) is 65.8 Å². The van der Waals surface area contributed by atoms with Crippen molar-refractivity contribution in [3.05, 3.63) is 71.3 Å². The van der Waals surface area contributed by atoms with E-state index in [1.807, 2.05) is 29.4 Å². The molecule has 6 heteroatoms. The summed E-state index contributed by atoms with van der Waals surface area (Å²) in [6, 6.07) is 17.1. The SMILES string of the molecule is CSCC[C@H](NC(=O)c1ccccc1)C(=O)N1CCN(Cc2ccccc2C)CC1. The van der Waals surface area contributed by atoms with E-state index in [0.29, 0.717) is 25.1 Å². The first-order valence-electron chi connectivity index (χ1n) is 10.5. The molecular weight excluding hydrogens is 394 g/mol. The van der Waals surface area contributed by atoms with E-state index in [9.17, 15) is 9.59 Å². The number of aryl methyl sites for hydroxylation is 1. The Morgan fingerprint density at radius 3 is 2.33 bits per heavy atom. The second-order valence-corrected chi connectivity index (χ2v) is 8.69. The van der Waals surface area contributed by atoms with Gasteiger partial charge in [0.05, 0.1) is 0 Å². The predicted molar refractivity (Wildman–Crippen MR) is 124 cm³/mol. The molecule has 2 aromatic carbocycles. The molecule has 1 heterocycles. The number of nitrogens with zero attached hydrogens (tertiary/aromatic N) is 2. The van der Waals surface area contributed by atoms with Crippen molar-refractivity contribution in [1.29, 1.82) is 0 Å². The van der Waals surface area contributed by atoms with Crippen molar-refractivity contribution >= 4 is 23.6 Å². The van der Waals surface area contributed by atoms with Crippen LogP contribution in [0.3, 0.4) is 0 Å². The van der Waals surface area contributed by atoms with Crippen molar-refractivity contribution in [3.63, 3.8) is 0 Å². The average Bonchev–Trinajstić information content (AvgIpc) is 2.78. The number of carbonyl (C=O) groups is 2. The summed E-state index contributed by atoms with van der Waals surface area (Å²) in [5.41, 5.74) is 3.23. The van der Waals surface area contributed by atoms with Gasteiger partial charge in [0.25, 0.3) is 5.91 Å². The molecule has 5 nitrogen and oxygen atoms in total. The molecule has 30 heavy (non-hydrogen) atoms. The van der Waals surface area contributed by atoms with E-state index in [4.69, 9.17) is 0 Å². The molecule has 1 aliphatic heterocycles. The van der Waals surface area contributed by atoms with Crippen LogP contribution >= 0.6 is 11.8 Å². The fourth-order valence-corrected chi connectivity index (χ4v) is 4.17. The summed E-state index contributed by atoms with van der Waals surface area (Å²) in [6.07, 6.45) is 2.66. The maximum atomic E-state index is 13.2. The maximum absolute atomic E-state index is 13.2. The molecule has 0 saturated carbocycles. The lowest BCUT2D eigenvalue weighted by Gasteiger charge is -2.36. The van der Waals surface area contributed by atoms with Gasteiger partial charge < -0.3 is 10.2 Å². The fraction of sp³-hybridized carbons (Fsp3) is 0.417. The molecular formula is C24H31N3O2S. The van der Waals surface area contributed by atoms with Gasteiger partial charge >= 0.3 is 0 Å². The van der Waals surface area contributed by atoms with Gasteiger partial charge in [0, 0.05) is 38.3 Å². The van der Waals surface area contributed by atoms with Gasteiger partial charge in [0.15, 0.2) is 0 Å². The maximum Gasteiger partial charge on any atom is 0.251 e. The number of hydrogen-bond donors (Lipinski definition) is 1. The zero-order chi connectivity index (χ0) is 21.3. The van der Waals surface area contributed by atoms with Gasteiger partial charge in [-0.25, -0.2) is 0 Å². The summed E-state index contributed by atoms with van der Waals surface area (Å²) in [7, 11) is 0. The first-order valence-corrected chi connectivity index (χ1v) is 11.9. The quantitative estimate of drug-likeness (QED) is 0.706. The second kappa shape index (κ2) is 11.2. The topological polar surface area (TPSA) is 52.7 Å². The molecule has 1 saturated heterocycles. The number of hydrogen-bond acceptors (Lipinski definition) is 4. The molecule has 0 aliphatic carbocycles. The summed E-state index contributed by atoms with van der Waals surface area (Å²) in [4.78, 5) is 30.1. The van der Waals surface area contributed by atoms with Crippen LogP contribution in [0.15, 0.2) is 54.6 Å². The molecule has 1 aliphatic rings. The minimum atomic E-state index is -0.479. The first-order chi connectivity index (χ1) is 14.6. The van der Waals surface area contributed by atoms with E-state index in [1.165, 1.54) is 11.1 Å². The van der Waals surface area contributed by atoms with Crippen LogP contribution in [0.1, 0.15) is 27.9 Å². The summed E-state index contributed by atoms with van der Waals surface area (Å²) < 4.78 is 0. The normalized spacial score (nSPS) is 15.6. The second-order valence-electron chi connectivity index (χ2n) is 7.70. The lowest BCUT2D eigenvalue weighted by atomic mass is 10.1. The highest BCUT2D eigenvalue weighted by atomic mass is 32.2. The zero-order valence-electron chi connectivity index (χ0n) is 17.8. The average molecular weight is 426 g/mol. The molecule has 1 fully saturated rings. The molecule has 2 amide bonds. The van der Waals surface area contributed by atoms with Gasteiger partial charge in [0.2, 0.25) is 5.91 Å².